The van der Waals surface area contributed by atoms with E-state index in [2.05, 4.69) is 12.6 Å². The number of hydrogen-bond donors (Lipinski definition) is 1. The van der Waals surface area contributed by atoms with Gasteiger partial charge >= 0.3 is 0 Å². The van der Waals surface area contributed by atoms with Crippen molar-refractivity contribution in [3.63, 3.8) is 0 Å². The van der Waals surface area contributed by atoms with E-state index in [1.54, 1.807) is 0 Å². The monoisotopic (exact) mass is 135 g/mol. The highest BCUT2D eigenvalue weighted by Crippen LogP contribution is 1.92. The molecule has 0 saturated heterocycles. The van der Waals surface area contributed by atoms with Gasteiger partial charge in [0.2, 0.25) is 0 Å². The van der Waals surface area contributed by atoms with Gasteiger partial charge in [-0.05, 0) is 0 Å². The Labute approximate surface area is 51.4 Å². The SMILES string of the molecule is CC(C(=O)S)[N+](=O)[O-]. The minimum absolute atomic E-state index is 0.685. The fourth-order valence-corrected chi connectivity index (χ4v) is 0.184. The number of rotatable bonds is 2. The first kappa shape index (κ1) is 7.42. The van der Waals surface area contributed by atoms with Crippen molar-refractivity contribution in [3.05, 3.63) is 10.1 Å². The van der Waals surface area contributed by atoms with E-state index in [0.29, 0.717) is 0 Å². The summed E-state index contributed by atoms with van der Waals surface area (Å²) in [5.74, 6) is 0. The van der Waals surface area contributed by atoms with Crippen molar-refractivity contribution >= 4 is 17.7 Å². The third-order valence-corrected chi connectivity index (χ3v) is 1.05. The minimum atomic E-state index is -1.18. The molecule has 46 valence electrons. The van der Waals surface area contributed by atoms with Crippen LogP contribution in [0.1, 0.15) is 6.92 Å². The number of carbonyl (C=O) groups is 1. The van der Waals surface area contributed by atoms with Crippen molar-refractivity contribution in [3.8, 4) is 0 Å². The predicted molar refractivity (Wildman–Crippen MR) is 30.4 cm³/mol. The molecule has 0 aromatic rings. The molecule has 0 N–H and O–H groups in total. The Morgan fingerprint density at radius 2 is 2.25 bits per heavy atom. The van der Waals surface area contributed by atoms with E-state index in [1.165, 1.54) is 6.92 Å². The normalized spacial score (nSPS) is 12.8. The Kier molecular flexibility index (Phi) is 2.47. The summed E-state index contributed by atoms with van der Waals surface area (Å²) in [6.45, 7) is 1.19. The molecule has 0 heterocycles. The quantitative estimate of drug-likeness (QED) is 0.332. The summed E-state index contributed by atoms with van der Waals surface area (Å²) in [5, 5.41) is 8.96. The number of nitrogens with zero attached hydrogens (tertiary/aromatic N) is 1. The molecule has 0 aliphatic rings. The van der Waals surface area contributed by atoms with Gasteiger partial charge < -0.3 is 0 Å². The van der Waals surface area contributed by atoms with Crippen molar-refractivity contribution in [2.75, 3.05) is 0 Å². The summed E-state index contributed by atoms with van der Waals surface area (Å²) in [6.07, 6.45) is 0. The van der Waals surface area contributed by atoms with Gasteiger partial charge in [-0.3, -0.25) is 14.9 Å². The molecule has 0 aromatic carbocycles. The Hall–Kier alpha value is -0.580. The van der Waals surface area contributed by atoms with E-state index in [4.69, 9.17) is 0 Å². The molecule has 1 unspecified atom stereocenters. The van der Waals surface area contributed by atoms with Crippen LogP contribution in [0.4, 0.5) is 0 Å². The Bertz CT molecular complexity index is 110. The van der Waals surface area contributed by atoms with Gasteiger partial charge in [0.1, 0.15) is 0 Å². The van der Waals surface area contributed by atoms with Crippen molar-refractivity contribution in [2.45, 2.75) is 13.0 Å². The predicted octanol–water partition coefficient (Wildman–Crippen LogP) is 0.108. The van der Waals surface area contributed by atoms with E-state index < -0.39 is 16.1 Å². The van der Waals surface area contributed by atoms with Crippen molar-refractivity contribution in [1.82, 2.24) is 0 Å². The van der Waals surface area contributed by atoms with E-state index in [0.717, 1.165) is 0 Å². The molecule has 1 atom stereocenters. The van der Waals surface area contributed by atoms with E-state index >= 15 is 0 Å². The van der Waals surface area contributed by atoms with Crippen LogP contribution in [-0.2, 0) is 4.79 Å². The Balaban J connectivity index is 3.83. The summed E-state index contributed by atoms with van der Waals surface area (Å²) in [6, 6.07) is -1.18. The smallest absolute Gasteiger partial charge is 0.277 e. The number of hydrogen-bond acceptors (Lipinski definition) is 3. The van der Waals surface area contributed by atoms with Crippen LogP contribution in [0.25, 0.3) is 0 Å². The fraction of sp³-hybridized carbons (Fsp3) is 0.667. The van der Waals surface area contributed by atoms with Crippen molar-refractivity contribution < 1.29 is 9.72 Å². The first-order chi connectivity index (χ1) is 3.55. The molecule has 0 amide bonds. The minimum Gasteiger partial charge on any atom is -0.280 e. The van der Waals surface area contributed by atoms with Crippen LogP contribution in [0.2, 0.25) is 0 Å². The molecule has 0 saturated carbocycles. The maximum absolute atomic E-state index is 10.0. The zero-order valence-corrected chi connectivity index (χ0v) is 5.09. The van der Waals surface area contributed by atoms with Gasteiger partial charge in [-0.2, -0.15) is 0 Å². The van der Waals surface area contributed by atoms with Crippen LogP contribution >= 0.6 is 12.6 Å². The lowest BCUT2D eigenvalue weighted by Gasteiger charge is -1.93. The third kappa shape index (κ3) is 1.92. The van der Waals surface area contributed by atoms with Gasteiger partial charge in [-0.15, -0.1) is 0 Å². The van der Waals surface area contributed by atoms with Gasteiger partial charge in [0.15, 0.2) is 0 Å². The largest absolute Gasteiger partial charge is 0.280 e. The molecule has 0 aliphatic heterocycles. The van der Waals surface area contributed by atoms with Gasteiger partial charge in [-0.25, -0.2) is 0 Å². The average Bonchev–Trinajstić information content (AvgIpc) is 1.64. The fourth-order valence-electron chi connectivity index (χ4n) is 0.0902. The third-order valence-electron chi connectivity index (χ3n) is 0.674. The lowest BCUT2D eigenvalue weighted by atomic mass is 10.4. The van der Waals surface area contributed by atoms with Gasteiger partial charge in [0.25, 0.3) is 11.2 Å². The average molecular weight is 135 g/mol. The maximum Gasteiger partial charge on any atom is 0.277 e. The Morgan fingerprint density at radius 3 is 2.25 bits per heavy atom. The second-order valence-electron chi connectivity index (χ2n) is 1.30. The maximum atomic E-state index is 10.0. The first-order valence-corrected chi connectivity index (χ1v) is 2.36. The highest BCUT2D eigenvalue weighted by atomic mass is 32.1. The van der Waals surface area contributed by atoms with Crippen LogP contribution in [0.3, 0.4) is 0 Å². The van der Waals surface area contributed by atoms with Crippen LogP contribution in [0.5, 0.6) is 0 Å². The van der Waals surface area contributed by atoms with Gasteiger partial charge in [-0.1, -0.05) is 12.6 Å². The molecule has 5 heteroatoms. The number of thiol groups is 1. The van der Waals surface area contributed by atoms with Gasteiger partial charge in [0.05, 0.1) is 0 Å². The summed E-state index contributed by atoms with van der Waals surface area (Å²) >= 11 is 3.25. The lowest BCUT2D eigenvalue weighted by Crippen LogP contribution is -2.21. The summed E-state index contributed by atoms with van der Waals surface area (Å²) in [5.41, 5.74) is 0. The Morgan fingerprint density at radius 1 is 1.88 bits per heavy atom. The van der Waals surface area contributed by atoms with Gasteiger partial charge in [0, 0.05) is 11.8 Å². The van der Waals surface area contributed by atoms with E-state index in [-0.39, 0.29) is 0 Å². The molecule has 0 rings (SSSR count). The number of nitro groups is 1. The second kappa shape index (κ2) is 2.66. The molecule has 0 radical (unpaired) electrons. The van der Waals surface area contributed by atoms with Crippen LogP contribution in [0, 0.1) is 10.1 Å². The van der Waals surface area contributed by atoms with Crippen molar-refractivity contribution in [2.24, 2.45) is 0 Å². The molecule has 8 heavy (non-hydrogen) atoms. The standard InChI is InChI=1S/C3H5NO3S/c1-2(3(5)8)4(6)7/h2H,1H3,(H,5,8). The topological polar surface area (TPSA) is 60.2 Å². The summed E-state index contributed by atoms with van der Waals surface area (Å²) in [7, 11) is 0. The first-order valence-electron chi connectivity index (χ1n) is 1.92. The molecular weight excluding hydrogens is 130 g/mol. The molecule has 0 spiro atoms. The molecule has 0 aromatic heterocycles. The van der Waals surface area contributed by atoms with Crippen molar-refractivity contribution in [1.29, 1.82) is 0 Å². The van der Waals surface area contributed by atoms with Crippen LogP contribution in [-0.4, -0.2) is 16.1 Å². The van der Waals surface area contributed by atoms with E-state index in [1.807, 2.05) is 0 Å². The zero-order valence-electron chi connectivity index (χ0n) is 4.20. The number of carbonyl (C=O) groups excluding carboxylic acids is 1. The highest BCUT2D eigenvalue weighted by Gasteiger charge is 2.18. The summed E-state index contributed by atoms with van der Waals surface area (Å²) in [4.78, 5) is 19.0. The van der Waals surface area contributed by atoms with E-state index in [9.17, 15) is 14.9 Å². The molecule has 0 fully saturated rings. The molecule has 0 bridgehead atoms. The van der Waals surface area contributed by atoms with Crippen LogP contribution in [0.15, 0.2) is 0 Å². The molecular formula is C3H5NO3S. The molecule has 4 nitrogen and oxygen atoms in total. The second-order valence-corrected chi connectivity index (χ2v) is 1.74. The lowest BCUT2D eigenvalue weighted by molar-refractivity contribution is -0.501. The zero-order chi connectivity index (χ0) is 6.73. The molecule has 0 aliphatic carbocycles. The summed E-state index contributed by atoms with van der Waals surface area (Å²) < 4.78 is 0. The highest BCUT2D eigenvalue weighted by molar-refractivity contribution is 7.96. The van der Waals surface area contributed by atoms with Crippen LogP contribution < -0.4 is 0 Å².